The van der Waals surface area contributed by atoms with Gasteiger partial charge in [0.15, 0.2) is 0 Å². The number of carbonyl (C=O) groups excluding carboxylic acids is 6. The number of piperazine rings is 3. The van der Waals surface area contributed by atoms with Crippen molar-refractivity contribution in [2.24, 2.45) is 23.7 Å². The van der Waals surface area contributed by atoms with Gasteiger partial charge in [-0.1, -0.05) is 12.8 Å². The minimum Gasteiger partial charge on any atom is -0.464 e. The zero-order chi connectivity index (χ0) is 50.8. The Balaban J connectivity index is 0.000000279. The fraction of sp³-hybridized carbons (Fsp3) is 0.878. The second kappa shape index (κ2) is 37.2. The third-order valence-electron chi connectivity index (χ3n) is 13.3. The highest BCUT2D eigenvalue weighted by Gasteiger charge is 2.38. The van der Waals surface area contributed by atoms with Crippen LogP contribution in [0.4, 0.5) is 0 Å². The molecule has 0 spiro atoms. The van der Waals surface area contributed by atoms with E-state index in [1.54, 1.807) is 14.2 Å². The average molecular weight is 1000 g/mol. The average Bonchev–Trinajstić information content (AvgIpc) is 3.37. The molecule has 2 unspecified atom stereocenters. The predicted molar refractivity (Wildman–Crippen MR) is 259 cm³/mol. The number of nitrogens with one attached hydrogen (secondary N) is 1. The number of methoxy groups -OCH3 is 3. The van der Waals surface area contributed by atoms with Crippen molar-refractivity contribution in [1.82, 2.24) is 29.8 Å². The Morgan fingerprint density at radius 3 is 1.14 bits per heavy atom. The Labute approximate surface area is 417 Å². The third-order valence-corrected chi connectivity index (χ3v) is 13.3. The summed E-state index contributed by atoms with van der Waals surface area (Å²) >= 11 is 0. The van der Waals surface area contributed by atoms with E-state index in [9.17, 15) is 28.8 Å². The van der Waals surface area contributed by atoms with Gasteiger partial charge in [-0.05, 0) is 52.6 Å². The van der Waals surface area contributed by atoms with Crippen LogP contribution in [0.15, 0.2) is 0 Å². The van der Waals surface area contributed by atoms with E-state index in [-0.39, 0.29) is 79.6 Å². The van der Waals surface area contributed by atoms with Gasteiger partial charge in [-0.15, -0.1) is 0 Å². The molecule has 3 aliphatic heterocycles. The molecule has 0 aromatic rings. The normalized spacial score (nSPS) is 22.8. The Hall–Kier alpha value is -3.54. The third kappa shape index (κ3) is 26.2. The molecular weight excluding hydrogens is 913 g/mol. The van der Waals surface area contributed by atoms with Crippen molar-refractivity contribution in [2.75, 3.05) is 193 Å². The Morgan fingerprint density at radius 1 is 0.400 bits per heavy atom. The lowest BCUT2D eigenvalue weighted by Gasteiger charge is -2.32. The van der Waals surface area contributed by atoms with Crippen molar-refractivity contribution >= 4 is 35.8 Å². The first kappa shape index (κ1) is 60.8. The molecule has 2 aliphatic carbocycles. The molecule has 5 fully saturated rings. The van der Waals surface area contributed by atoms with Crippen LogP contribution < -0.4 is 5.32 Å². The van der Waals surface area contributed by atoms with Gasteiger partial charge < -0.3 is 57.7 Å². The minimum atomic E-state index is -0.400. The lowest BCUT2D eigenvalue weighted by molar-refractivity contribution is -0.163. The van der Waals surface area contributed by atoms with E-state index >= 15 is 0 Å². The first-order valence-electron chi connectivity index (χ1n) is 25.6. The molecule has 1 N–H and O–H groups in total. The van der Waals surface area contributed by atoms with Crippen LogP contribution in [-0.4, -0.2) is 253 Å². The van der Waals surface area contributed by atoms with Gasteiger partial charge in [-0.3, -0.25) is 43.5 Å². The maximum absolute atomic E-state index is 12.4. The molecule has 0 amide bonds. The summed E-state index contributed by atoms with van der Waals surface area (Å²) in [6.07, 6.45) is 6.24. The molecule has 5 rings (SSSR count). The molecule has 21 nitrogen and oxygen atoms in total. The maximum atomic E-state index is 12.4. The van der Waals surface area contributed by atoms with Crippen LogP contribution in [0.1, 0.15) is 64.2 Å². The van der Waals surface area contributed by atoms with Crippen molar-refractivity contribution in [3.8, 4) is 0 Å². The predicted octanol–water partition coefficient (Wildman–Crippen LogP) is 0.951. The minimum absolute atomic E-state index is 0.0526. The molecule has 0 radical (unpaired) electrons. The number of rotatable bonds is 25. The number of likely N-dealkylation sites (N-methyl/N-ethyl adjacent to an activating group) is 2. The molecule has 5 aliphatic rings. The van der Waals surface area contributed by atoms with E-state index in [2.05, 4.69) is 43.9 Å². The lowest BCUT2D eigenvalue weighted by Crippen LogP contribution is -2.45. The number of hydrogen-bond donors (Lipinski definition) is 1. The number of esters is 6. The SMILES string of the molecule is COCCOC(=O)C1CCC(C(=O)OCCN2CCN(C)CC2)CC1.COCCOC(=O)C1CCCCC1C(=O)OCCN1CCNCC1.COCCOC(=O)CCC(=O)OCCN1CCN(C)CC1. The van der Waals surface area contributed by atoms with E-state index in [0.29, 0.717) is 84.8 Å². The standard InChI is InChI=1S/C18H32N2O5.C17H30N2O5.C14H26N2O5/c1-19-7-9-20(10-8-19)11-12-24-17(21)15-3-5-16(6-4-15)18(22)25-14-13-23-2;1-22-12-13-24-17(21)15-5-3-2-4-14(15)16(20)23-11-10-19-8-6-18-7-9-19;1-15-5-7-16(8-6-15)9-10-20-13(17)3-4-14(18)21-12-11-19-2/h15-16H,3-14H2,1-2H3;14-15,18H,2-13H2,1H3;3-12H2,1-2H3. The van der Waals surface area contributed by atoms with E-state index in [4.69, 9.17) is 42.6 Å². The summed E-state index contributed by atoms with van der Waals surface area (Å²) in [5.41, 5.74) is 0. The van der Waals surface area contributed by atoms with Crippen LogP contribution in [0.3, 0.4) is 0 Å². The van der Waals surface area contributed by atoms with Gasteiger partial charge in [0.2, 0.25) is 0 Å². The van der Waals surface area contributed by atoms with Gasteiger partial charge >= 0.3 is 35.8 Å². The van der Waals surface area contributed by atoms with Crippen molar-refractivity contribution in [3.63, 3.8) is 0 Å². The Kier molecular flexibility index (Phi) is 32.3. The summed E-state index contributed by atoms with van der Waals surface area (Å²) in [6.45, 7) is 17.6. The van der Waals surface area contributed by atoms with Gasteiger partial charge in [0, 0.05) is 120 Å². The summed E-state index contributed by atoms with van der Waals surface area (Å²) in [7, 11) is 8.90. The molecule has 404 valence electrons. The quantitative estimate of drug-likeness (QED) is 0.0766. The van der Waals surface area contributed by atoms with Crippen molar-refractivity contribution in [3.05, 3.63) is 0 Å². The molecule has 0 bridgehead atoms. The highest BCUT2D eigenvalue weighted by atomic mass is 16.6. The van der Waals surface area contributed by atoms with E-state index in [1.807, 2.05) is 0 Å². The van der Waals surface area contributed by atoms with Gasteiger partial charge in [0.05, 0.1) is 56.3 Å². The van der Waals surface area contributed by atoms with Crippen LogP contribution in [0.5, 0.6) is 0 Å². The largest absolute Gasteiger partial charge is 0.464 e. The summed E-state index contributed by atoms with van der Waals surface area (Å²) in [4.78, 5) is 83.0. The van der Waals surface area contributed by atoms with E-state index < -0.39 is 5.97 Å². The molecular formula is C49H88N6O15. The summed E-state index contributed by atoms with van der Waals surface area (Å²) in [6, 6.07) is 0. The number of ether oxygens (including phenoxy) is 9. The second-order valence-corrected chi connectivity index (χ2v) is 18.5. The van der Waals surface area contributed by atoms with E-state index in [0.717, 1.165) is 111 Å². The number of carbonyl (C=O) groups is 6. The maximum Gasteiger partial charge on any atom is 0.309 e. The molecule has 21 heteroatoms. The molecule has 70 heavy (non-hydrogen) atoms. The molecule has 0 aromatic carbocycles. The summed E-state index contributed by atoms with van der Waals surface area (Å²) in [5, 5.41) is 3.30. The lowest BCUT2D eigenvalue weighted by atomic mass is 9.79. The number of nitrogens with zero attached hydrogens (tertiary/aromatic N) is 5. The fourth-order valence-electron chi connectivity index (χ4n) is 8.67. The van der Waals surface area contributed by atoms with Crippen molar-refractivity contribution < 1.29 is 71.4 Å². The molecule has 3 saturated heterocycles. The van der Waals surface area contributed by atoms with Crippen molar-refractivity contribution in [2.45, 2.75) is 64.2 Å². The summed E-state index contributed by atoms with van der Waals surface area (Å²) < 4.78 is 45.8. The smallest absolute Gasteiger partial charge is 0.309 e. The van der Waals surface area contributed by atoms with Gasteiger partial charge in [-0.2, -0.15) is 0 Å². The van der Waals surface area contributed by atoms with Gasteiger partial charge in [0.1, 0.15) is 39.6 Å². The topological polar surface area (TPSA) is 214 Å². The molecule has 2 atom stereocenters. The highest BCUT2D eigenvalue weighted by molar-refractivity contribution is 5.82. The highest BCUT2D eigenvalue weighted by Crippen LogP contribution is 2.32. The zero-order valence-electron chi connectivity index (χ0n) is 43.2. The van der Waals surface area contributed by atoms with Crippen LogP contribution in [-0.2, 0) is 71.4 Å². The van der Waals surface area contributed by atoms with Gasteiger partial charge in [-0.25, -0.2) is 0 Å². The Morgan fingerprint density at radius 2 is 0.729 bits per heavy atom. The van der Waals surface area contributed by atoms with Crippen LogP contribution in [0, 0.1) is 23.7 Å². The fourth-order valence-corrected chi connectivity index (χ4v) is 8.67. The summed E-state index contributed by atoms with van der Waals surface area (Å²) in [5.74, 6) is -2.48. The first-order valence-corrected chi connectivity index (χ1v) is 25.6. The van der Waals surface area contributed by atoms with Crippen LogP contribution in [0.25, 0.3) is 0 Å². The zero-order valence-corrected chi connectivity index (χ0v) is 43.2. The Bertz CT molecular complexity index is 1470. The molecule has 0 aromatic heterocycles. The van der Waals surface area contributed by atoms with E-state index in [1.165, 1.54) is 7.11 Å². The van der Waals surface area contributed by atoms with Crippen molar-refractivity contribution in [1.29, 1.82) is 0 Å². The van der Waals surface area contributed by atoms with Crippen LogP contribution >= 0.6 is 0 Å². The first-order chi connectivity index (χ1) is 33.9. The molecule has 3 heterocycles. The number of hydrogen-bond acceptors (Lipinski definition) is 21. The molecule has 2 saturated carbocycles. The van der Waals surface area contributed by atoms with Gasteiger partial charge in [0.25, 0.3) is 0 Å². The van der Waals surface area contributed by atoms with Crippen LogP contribution in [0.2, 0.25) is 0 Å². The monoisotopic (exact) mass is 1000 g/mol. The second-order valence-electron chi connectivity index (χ2n) is 18.5.